The Bertz CT molecular complexity index is 976. The second-order valence-electron chi connectivity index (χ2n) is 5.68. The van der Waals surface area contributed by atoms with E-state index in [-0.39, 0.29) is 11.5 Å². The minimum Gasteiger partial charge on any atom is -0.397 e. The van der Waals surface area contributed by atoms with Gasteiger partial charge in [-0.15, -0.1) is 0 Å². The molecule has 0 aliphatic rings. The van der Waals surface area contributed by atoms with Crippen molar-refractivity contribution in [2.24, 2.45) is 5.73 Å². The van der Waals surface area contributed by atoms with Crippen LogP contribution in [0.15, 0.2) is 48.7 Å². The number of aryl methyl sites for hydroxylation is 1. The molecule has 0 fully saturated rings. The maximum atomic E-state index is 11.7. The SMILES string of the molecule is Cc1cccc(Nc2nc(Nc3ccc(Cl)c(N)c3)ncc2C(N)=O)c1. The summed E-state index contributed by atoms with van der Waals surface area (Å²) in [6, 6.07) is 12.8. The number of hydrogen-bond donors (Lipinski definition) is 4. The summed E-state index contributed by atoms with van der Waals surface area (Å²) in [6.07, 6.45) is 1.37. The van der Waals surface area contributed by atoms with Crippen LogP contribution in [0.5, 0.6) is 0 Å². The van der Waals surface area contributed by atoms with E-state index in [4.69, 9.17) is 23.1 Å². The van der Waals surface area contributed by atoms with Gasteiger partial charge in [0.15, 0.2) is 0 Å². The van der Waals surface area contributed by atoms with Gasteiger partial charge >= 0.3 is 0 Å². The van der Waals surface area contributed by atoms with E-state index < -0.39 is 5.91 Å². The maximum Gasteiger partial charge on any atom is 0.254 e. The zero-order valence-electron chi connectivity index (χ0n) is 14.0. The molecule has 132 valence electrons. The van der Waals surface area contributed by atoms with Crippen molar-refractivity contribution in [1.82, 2.24) is 9.97 Å². The van der Waals surface area contributed by atoms with Crippen LogP contribution in [-0.4, -0.2) is 15.9 Å². The third-order valence-electron chi connectivity index (χ3n) is 3.59. The van der Waals surface area contributed by atoms with Crippen molar-refractivity contribution in [2.75, 3.05) is 16.4 Å². The molecule has 1 heterocycles. The first-order valence-corrected chi connectivity index (χ1v) is 8.13. The molecule has 0 unspecified atom stereocenters. The Labute approximate surface area is 155 Å². The zero-order chi connectivity index (χ0) is 18.7. The van der Waals surface area contributed by atoms with Gasteiger partial charge in [-0.05, 0) is 42.8 Å². The van der Waals surface area contributed by atoms with Gasteiger partial charge in [-0.2, -0.15) is 4.98 Å². The Morgan fingerprint density at radius 1 is 1.12 bits per heavy atom. The van der Waals surface area contributed by atoms with Gasteiger partial charge < -0.3 is 22.1 Å². The number of nitrogens with zero attached hydrogens (tertiary/aromatic N) is 2. The van der Waals surface area contributed by atoms with Gasteiger partial charge in [0.1, 0.15) is 11.4 Å². The third kappa shape index (κ3) is 4.01. The lowest BCUT2D eigenvalue weighted by atomic mass is 10.2. The number of nitrogens with two attached hydrogens (primary N) is 2. The number of primary amides is 1. The zero-order valence-corrected chi connectivity index (χ0v) is 14.7. The summed E-state index contributed by atoms with van der Waals surface area (Å²) >= 11 is 5.92. The lowest BCUT2D eigenvalue weighted by molar-refractivity contribution is 0.100. The molecule has 0 aliphatic carbocycles. The fourth-order valence-corrected chi connectivity index (χ4v) is 2.45. The van der Waals surface area contributed by atoms with Gasteiger partial charge in [0.25, 0.3) is 5.91 Å². The van der Waals surface area contributed by atoms with Gasteiger partial charge in [0.05, 0.1) is 10.7 Å². The number of carbonyl (C=O) groups excluding carboxylic acids is 1. The highest BCUT2D eigenvalue weighted by Crippen LogP contribution is 2.25. The van der Waals surface area contributed by atoms with Crippen molar-refractivity contribution in [1.29, 1.82) is 0 Å². The van der Waals surface area contributed by atoms with E-state index in [1.54, 1.807) is 18.2 Å². The number of nitrogens with one attached hydrogen (secondary N) is 2. The molecular formula is C18H17ClN6O. The van der Waals surface area contributed by atoms with Gasteiger partial charge in [-0.3, -0.25) is 4.79 Å². The lowest BCUT2D eigenvalue weighted by Crippen LogP contribution is -2.15. The standard InChI is InChI=1S/C18H17ClN6O/c1-10-3-2-4-11(7-10)23-17-13(16(21)26)9-22-18(25-17)24-12-5-6-14(19)15(20)8-12/h2-9H,20H2,1H3,(H2,21,26)(H2,22,23,24,25). The molecule has 1 amide bonds. The Kier molecular flexibility index (Phi) is 4.90. The molecular weight excluding hydrogens is 352 g/mol. The van der Waals surface area contributed by atoms with Crippen LogP contribution in [-0.2, 0) is 0 Å². The first-order chi connectivity index (χ1) is 12.4. The predicted molar refractivity (Wildman–Crippen MR) is 104 cm³/mol. The van der Waals surface area contributed by atoms with Crippen molar-refractivity contribution >= 4 is 46.3 Å². The normalized spacial score (nSPS) is 10.4. The Balaban J connectivity index is 1.92. The van der Waals surface area contributed by atoms with Gasteiger partial charge in [0.2, 0.25) is 5.95 Å². The summed E-state index contributed by atoms with van der Waals surface area (Å²) in [6.45, 7) is 1.97. The molecule has 7 nitrogen and oxygen atoms in total. The van der Waals surface area contributed by atoms with Gasteiger partial charge in [-0.25, -0.2) is 4.98 Å². The first-order valence-electron chi connectivity index (χ1n) is 7.75. The molecule has 0 radical (unpaired) electrons. The fraction of sp³-hybridized carbons (Fsp3) is 0.0556. The summed E-state index contributed by atoms with van der Waals surface area (Å²) in [4.78, 5) is 20.2. The number of halogens is 1. The van der Waals surface area contributed by atoms with Crippen molar-refractivity contribution in [2.45, 2.75) is 6.92 Å². The van der Waals surface area contributed by atoms with E-state index in [0.717, 1.165) is 11.3 Å². The molecule has 6 N–H and O–H groups in total. The average molecular weight is 369 g/mol. The highest BCUT2D eigenvalue weighted by molar-refractivity contribution is 6.33. The Morgan fingerprint density at radius 2 is 1.88 bits per heavy atom. The molecule has 0 atom stereocenters. The number of carbonyl (C=O) groups is 1. The van der Waals surface area contributed by atoms with Crippen LogP contribution >= 0.6 is 11.6 Å². The van der Waals surface area contributed by atoms with Crippen LogP contribution in [0.1, 0.15) is 15.9 Å². The van der Waals surface area contributed by atoms with E-state index in [1.807, 2.05) is 31.2 Å². The van der Waals surface area contributed by atoms with Gasteiger partial charge in [-0.1, -0.05) is 23.7 Å². The number of benzene rings is 2. The van der Waals surface area contributed by atoms with Gasteiger partial charge in [0, 0.05) is 17.6 Å². The fourth-order valence-electron chi connectivity index (χ4n) is 2.33. The van der Waals surface area contributed by atoms with Crippen molar-refractivity contribution in [3.63, 3.8) is 0 Å². The van der Waals surface area contributed by atoms with E-state index in [1.165, 1.54) is 6.20 Å². The molecule has 3 aromatic rings. The topological polar surface area (TPSA) is 119 Å². The number of amides is 1. The Morgan fingerprint density at radius 3 is 2.58 bits per heavy atom. The lowest BCUT2D eigenvalue weighted by Gasteiger charge is -2.12. The second-order valence-corrected chi connectivity index (χ2v) is 6.08. The summed E-state index contributed by atoms with van der Waals surface area (Å²) in [5, 5.41) is 6.59. The van der Waals surface area contributed by atoms with Crippen LogP contribution in [0.4, 0.5) is 28.8 Å². The molecule has 3 rings (SSSR count). The highest BCUT2D eigenvalue weighted by atomic mass is 35.5. The van der Waals surface area contributed by atoms with Crippen LogP contribution in [0.3, 0.4) is 0 Å². The summed E-state index contributed by atoms with van der Waals surface area (Å²) < 4.78 is 0. The van der Waals surface area contributed by atoms with Crippen LogP contribution in [0.25, 0.3) is 0 Å². The quantitative estimate of drug-likeness (QED) is 0.511. The summed E-state index contributed by atoms with van der Waals surface area (Å²) in [5.74, 6) is -0.0307. The smallest absolute Gasteiger partial charge is 0.254 e. The minimum absolute atomic E-state index is 0.188. The molecule has 0 aliphatic heterocycles. The number of hydrogen-bond acceptors (Lipinski definition) is 6. The number of aromatic nitrogens is 2. The van der Waals surface area contributed by atoms with E-state index in [2.05, 4.69) is 20.6 Å². The average Bonchev–Trinajstić information content (AvgIpc) is 2.58. The van der Waals surface area contributed by atoms with E-state index >= 15 is 0 Å². The number of rotatable bonds is 5. The summed E-state index contributed by atoms with van der Waals surface area (Å²) in [5.41, 5.74) is 14.4. The third-order valence-corrected chi connectivity index (χ3v) is 3.93. The molecule has 0 saturated carbocycles. The molecule has 26 heavy (non-hydrogen) atoms. The van der Waals surface area contributed by atoms with Crippen LogP contribution in [0.2, 0.25) is 5.02 Å². The van der Waals surface area contributed by atoms with Crippen molar-refractivity contribution in [3.05, 3.63) is 64.8 Å². The van der Waals surface area contributed by atoms with Crippen LogP contribution < -0.4 is 22.1 Å². The number of nitrogen functional groups attached to an aromatic ring is 1. The molecule has 8 heteroatoms. The summed E-state index contributed by atoms with van der Waals surface area (Å²) in [7, 11) is 0. The highest BCUT2D eigenvalue weighted by Gasteiger charge is 2.13. The number of anilines is 5. The first kappa shape index (κ1) is 17.5. The molecule has 0 bridgehead atoms. The predicted octanol–water partition coefficient (Wildman–Crippen LogP) is 3.61. The van der Waals surface area contributed by atoms with E-state index in [9.17, 15) is 4.79 Å². The second kappa shape index (κ2) is 7.28. The maximum absolute atomic E-state index is 11.7. The molecule has 2 aromatic carbocycles. The van der Waals surface area contributed by atoms with Crippen LogP contribution in [0, 0.1) is 6.92 Å². The van der Waals surface area contributed by atoms with E-state index in [0.29, 0.717) is 22.2 Å². The van der Waals surface area contributed by atoms with Crippen molar-refractivity contribution < 1.29 is 4.79 Å². The minimum atomic E-state index is -0.623. The molecule has 0 spiro atoms. The molecule has 1 aromatic heterocycles. The monoisotopic (exact) mass is 368 g/mol. The van der Waals surface area contributed by atoms with Crippen molar-refractivity contribution in [3.8, 4) is 0 Å². The molecule has 0 saturated heterocycles. The Hall–Kier alpha value is -3.32. The largest absolute Gasteiger partial charge is 0.397 e.